The first-order valence-corrected chi connectivity index (χ1v) is 7.01. The topological polar surface area (TPSA) is 39.1 Å². The van der Waals surface area contributed by atoms with Gasteiger partial charge >= 0.3 is 0 Å². The van der Waals surface area contributed by atoms with Gasteiger partial charge in [0, 0.05) is 19.6 Å². The molecule has 0 bridgehead atoms. The molecule has 0 aliphatic carbocycles. The maximum Gasteiger partial charge on any atom is 0.0696 e. The number of rotatable bonds is 4. The Kier molecular flexibility index (Phi) is 4.59. The fourth-order valence-electron chi connectivity index (χ4n) is 2.51. The van der Waals surface area contributed by atoms with E-state index in [1.54, 1.807) is 0 Å². The van der Waals surface area contributed by atoms with Crippen molar-refractivity contribution in [1.29, 1.82) is 0 Å². The largest absolute Gasteiger partial charge is 0.381 e. The molecule has 2 unspecified atom stereocenters. The molecule has 17 heavy (non-hydrogen) atoms. The van der Waals surface area contributed by atoms with Crippen LogP contribution in [0.2, 0.25) is 0 Å². The van der Waals surface area contributed by atoms with Crippen LogP contribution in [-0.4, -0.2) is 29.5 Å². The van der Waals surface area contributed by atoms with Crippen LogP contribution in [0, 0.1) is 5.92 Å². The van der Waals surface area contributed by atoms with Gasteiger partial charge in [0.1, 0.15) is 0 Å². The van der Waals surface area contributed by atoms with E-state index in [2.05, 4.69) is 33.3 Å². The summed E-state index contributed by atoms with van der Waals surface area (Å²) in [5.74, 6) is 0.537. The normalized spacial score (nSPS) is 22.6. The van der Waals surface area contributed by atoms with Crippen molar-refractivity contribution in [3.05, 3.63) is 16.4 Å². The van der Waals surface area contributed by atoms with Gasteiger partial charge in [-0.3, -0.25) is 4.68 Å². The first-order valence-electron chi connectivity index (χ1n) is 6.22. The molecule has 2 rings (SSSR count). The van der Waals surface area contributed by atoms with Gasteiger partial charge in [-0.25, -0.2) is 0 Å². The second kappa shape index (κ2) is 5.98. The smallest absolute Gasteiger partial charge is 0.0696 e. The molecule has 4 nitrogen and oxygen atoms in total. The van der Waals surface area contributed by atoms with Crippen LogP contribution in [0.3, 0.4) is 0 Å². The molecule has 1 aromatic heterocycles. The Hall–Kier alpha value is -0.390. The average molecular weight is 302 g/mol. The summed E-state index contributed by atoms with van der Waals surface area (Å²) in [7, 11) is 1.99. The van der Waals surface area contributed by atoms with Crippen LogP contribution in [0.25, 0.3) is 0 Å². The molecule has 0 aromatic carbocycles. The van der Waals surface area contributed by atoms with Crippen LogP contribution in [0.15, 0.2) is 10.7 Å². The van der Waals surface area contributed by atoms with Crippen molar-refractivity contribution in [3.63, 3.8) is 0 Å². The third-order valence-electron chi connectivity index (χ3n) is 3.32. The molecule has 1 aromatic rings. The zero-order chi connectivity index (χ0) is 12.3. The average Bonchev–Trinajstić information content (AvgIpc) is 2.68. The van der Waals surface area contributed by atoms with Crippen LogP contribution < -0.4 is 5.32 Å². The van der Waals surface area contributed by atoms with Crippen molar-refractivity contribution >= 4 is 15.9 Å². The van der Waals surface area contributed by atoms with Crippen molar-refractivity contribution in [2.24, 2.45) is 13.0 Å². The van der Waals surface area contributed by atoms with Gasteiger partial charge in [0.15, 0.2) is 0 Å². The van der Waals surface area contributed by atoms with Gasteiger partial charge in [0.25, 0.3) is 0 Å². The molecule has 0 radical (unpaired) electrons. The van der Waals surface area contributed by atoms with E-state index in [0.29, 0.717) is 12.0 Å². The van der Waals surface area contributed by atoms with Crippen molar-refractivity contribution in [3.8, 4) is 0 Å². The number of halogens is 1. The Labute approximate surface area is 111 Å². The number of aryl methyl sites for hydroxylation is 1. The van der Waals surface area contributed by atoms with Gasteiger partial charge < -0.3 is 10.1 Å². The van der Waals surface area contributed by atoms with Gasteiger partial charge in [-0.05, 0) is 35.3 Å². The molecule has 2 atom stereocenters. The zero-order valence-corrected chi connectivity index (χ0v) is 12.0. The maximum atomic E-state index is 5.60. The number of hydrogen-bond donors (Lipinski definition) is 1. The highest BCUT2D eigenvalue weighted by Gasteiger charge is 2.28. The highest BCUT2D eigenvalue weighted by atomic mass is 79.9. The summed E-state index contributed by atoms with van der Waals surface area (Å²) in [6.07, 6.45) is 4.24. The summed E-state index contributed by atoms with van der Waals surface area (Å²) in [6, 6.07) is 0.321. The molecule has 1 aliphatic rings. The van der Waals surface area contributed by atoms with E-state index in [0.717, 1.165) is 30.7 Å². The SMILES string of the molecule is CCNC(c1c(Br)cnn1C)C1CCCOC1. The van der Waals surface area contributed by atoms with Crippen LogP contribution in [-0.2, 0) is 11.8 Å². The first-order chi connectivity index (χ1) is 8.24. The predicted octanol–water partition coefficient (Wildman–Crippen LogP) is 2.26. The second-order valence-corrected chi connectivity index (χ2v) is 5.37. The van der Waals surface area contributed by atoms with Gasteiger partial charge in [0.05, 0.1) is 29.0 Å². The lowest BCUT2D eigenvalue weighted by atomic mass is 9.91. The number of ether oxygens (including phenoxy) is 1. The van der Waals surface area contributed by atoms with Gasteiger partial charge in [0.2, 0.25) is 0 Å². The van der Waals surface area contributed by atoms with Crippen molar-refractivity contribution in [1.82, 2.24) is 15.1 Å². The quantitative estimate of drug-likeness (QED) is 0.927. The molecular formula is C12H20BrN3O. The lowest BCUT2D eigenvalue weighted by Gasteiger charge is -2.31. The monoisotopic (exact) mass is 301 g/mol. The van der Waals surface area contributed by atoms with E-state index in [4.69, 9.17) is 4.74 Å². The van der Waals surface area contributed by atoms with Crippen LogP contribution in [0.1, 0.15) is 31.5 Å². The second-order valence-electron chi connectivity index (χ2n) is 4.51. The van der Waals surface area contributed by atoms with Crippen LogP contribution in [0.4, 0.5) is 0 Å². The number of nitrogens with zero attached hydrogens (tertiary/aromatic N) is 2. The summed E-state index contributed by atoms with van der Waals surface area (Å²) in [5.41, 5.74) is 1.22. The molecule has 0 amide bonds. The fraction of sp³-hybridized carbons (Fsp3) is 0.750. The summed E-state index contributed by atoms with van der Waals surface area (Å²) in [5, 5.41) is 7.87. The van der Waals surface area contributed by atoms with Gasteiger partial charge in [-0.2, -0.15) is 5.10 Å². The van der Waals surface area contributed by atoms with Crippen molar-refractivity contribution in [2.45, 2.75) is 25.8 Å². The summed E-state index contributed by atoms with van der Waals surface area (Å²) < 4.78 is 8.63. The van der Waals surface area contributed by atoms with Crippen molar-refractivity contribution < 1.29 is 4.74 Å². The third kappa shape index (κ3) is 2.89. The minimum absolute atomic E-state index is 0.321. The van der Waals surface area contributed by atoms with Gasteiger partial charge in [-0.15, -0.1) is 0 Å². The molecule has 0 spiro atoms. The molecule has 1 aliphatic heterocycles. The lowest BCUT2D eigenvalue weighted by molar-refractivity contribution is 0.0379. The number of nitrogens with one attached hydrogen (secondary N) is 1. The Morgan fingerprint density at radius 2 is 2.53 bits per heavy atom. The minimum atomic E-state index is 0.321. The number of aromatic nitrogens is 2. The molecule has 1 saturated heterocycles. The fourth-order valence-corrected chi connectivity index (χ4v) is 3.10. The molecule has 1 N–H and O–H groups in total. The standard InChI is InChI=1S/C12H20BrN3O/c1-3-14-11(9-5-4-6-17-8-9)12-10(13)7-15-16(12)2/h7,9,11,14H,3-6,8H2,1-2H3. The zero-order valence-electron chi connectivity index (χ0n) is 10.4. The molecule has 0 saturated carbocycles. The van der Waals surface area contributed by atoms with Crippen LogP contribution in [0.5, 0.6) is 0 Å². The van der Waals surface area contributed by atoms with Crippen molar-refractivity contribution in [2.75, 3.05) is 19.8 Å². The highest BCUT2D eigenvalue weighted by molar-refractivity contribution is 9.10. The van der Waals surface area contributed by atoms with E-state index in [1.165, 1.54) is 12.1 Å². The minimum Gasteiger partial charge on any atom is -0.381 e. The highest BCUT2D eigenvalue weighted by Crippen LogP contribution is 2.32. The molecule has 2 heterocycles. The molecule has 96 valence electrons. The summed E-state index contributed by atoms with van der Waals surface area (Å²) in [4.78, 5) is 0. The van der Waals surface area contributed by atoms with E-state index >= 15 is 0 Å². The molecule has 1 fully saturated rings. The maximum absolute atomic E-state index is 5.60. The molecular weight excluding hydrogens is 282 g/mol. The number of hydrogen-bond acceptors (Lipinski definition) is 3. The predicted molar refractivity (Wildman–Crippen MR) is 70.9 cm³/mol. The van der Waals surface area contributed by atoms with Crippen LogP contribution >= 0.6 is 15.9 Å². The first kappa shape index (κ1) is 13.1. The van der Waals surface area contributed by atoms with E-state index in [-0.39, 0.29) is 0 Å². The molecule has 5 heteroatoms. The lowest BCUT2D eigenvalue weighted by Crippen LogP contribution is -2.34. The Balaban J connectivity index is 2.21. The Morgan fingerprint density at radius 3 is 3.06 bits per heavy atom. The van der Waals surface area contributed by atoms with E-state index < -0.39 is 0 Å². The Bertz CT molecular complexity index is 341. The van der Waals surface area contributed by atoms with E-state index in [9.17, 15) is 0 Å². The Morgan fingerprint density at radius 1 is 1.71 bits per heavy atom. The third-order valence-corrected chi connectivity index (χ3v) is 3.93. The summed E-state index contributed by atoms with van der Waals surface area (Å²) in [6.45, 7) is 4.84. The van der Waals surface area contributed by atoms with E-state index in [1.807, 2.05) is 17.9 Å². The summed E-state index contributed by atoms with van der Waals surface area (Å²) >= 11 is 3.59. The van der Waals surface area contributed by atoms with Gasteiger partial charge in [-0.1, -0.05) is 6.92 Å².